The lowest BCUT2D eigenvalue weighted by atomic mass is 9.95. The third-order valence-corrected chi connectivity index (χ3v) is 3.09. The summed E-state index contributed by atoms with van der Waals surface area (Å²) >= 11 is 0. The molecule has 1 N–H and O–H groups in total. The molecule has 1 amide bonds. The Morgan fingerprint density at radius 3 is 2.80 bits per heavy atom. The minimum atomic E-state index is 0.341. The Balaban J connectivity index is 2.31. The predicted octanol–water partition coefficient (Wildman–Crippen LogP) is 1.63. The molecule has 0 aromatic rings. The fourth-order valence-corrected chi connectivity index (χ4v) is 2.20. The van der Waals surface area contributed by atoms with Gasteiger partial charge in [-0.1, -0.05) is 6.92 Å². The van der Waals surface area contributed by atoms with Crippen LogP contribution in [-0.2, 0) is 4.79 Å². The van der Waals surface area contributed by atoms with Gasteiger partial charge < -0.3 is 10.2 Å². The van der Waals surface area contributed by atoms with E-state index < -0.39 is 0 Å². The van der Waals surface area contributed by atoms with Crippen LogP contribution in [0.3, 0.4) is 0 Å². The van der Waals surface area contributed by atoms with Crippen molar-refractivity contribution in [2.75, 3.05) is 26.2 Å². The molecule has 1 fully saturated rings. The second-order valence-electron chi connectivity index (χ2n) is 4.39. The van der Waals surface area contributed by atoms with Crippen LogP contribution in [-0.4, -0.2) is 37.0 Å². The van der Waals surface area contributed by atoms with E-state index in [1.54, 1.807) is 0 Å². The highest BCUT2D eigenvalue weighted by Crippen LogP contribution is 2.15. The van der Waals surface area contributed by atoms with Gasteiger partial charge in [0.1, 0.15) is 0 Å². The summed E-state index contributed by atoms with van der Waals surface area (Å²) in [6, 6.07) is 0. The summed E-state index contributed by atoms with van der Waals surface area (Å²) in [6.45, 7) is 8.10. The number of amides is 1. The summed E-state index contributed by atoms with van der Waals surface area (Å²) in [7, 11) is 0. The second kappa shape index (κ2) is 6.83. The lowest BCUT2D eigenvalue weighted by Gasteiger charge is -2.26. The molecule has 3 heteroatoms. The first-order valence-electron chi connectivity index (χ1n) is 6.26. The van der Waals surface area contributed by atoms with Gasteiger partial charge in [0.2, 0.25) is 5.91 Å². The maximum Gasteiger partial charge on any atom is 0.222 e. The Morgan fingerprint density at radius 2 is 2.27 bits per heavy atom. The number of rotatable bonds is 5. The van der Waals surface area contributed by atoms with Gasteiger partial charge in [-0.15, -0.1) is 0 Å². The molecule has 0 aliphatic carbocycles. The molecule has 0 aromatic heterocycles. The predicted molar refractivity (Wildman–Crippen MR) is 62.8 cm³/mol. The van der Waals surface area contributed by atoms with Crippen LogP contribution in [0.2, 0.25) is 0 Å². The largest absolute Gasteiger partial charge is 0.343 e. The Hall–Kier alpha value is -0.570. The molecule has 0 spiro atoms. The van der Waals surface area contributed by atoms with Crippen molar-refractivity contribution in [1.82, 2.24) is 10.2 Å². The fraction of sp³-hybridized carbons (Fsp3) is 0.917. The van der Waals surface area contributed by atoms with Crippen molar-refractivity contribution in [3.8, 4) is 0 Å². The van der Waals surface area contributed by atoms with Gasteiger partial charge >= 0.3 is 0 Å². The number of carbonyl (C=O) groups is 1. The first kappa shape index (κ1) is 12.5. The van der Waals surface area contributed by atoms with Crippen LogP contribution in [0.25, 0.3) is 0 Å². The molecule has 0 radical (unpaired) electrons. The van der Waals surface area contributed by atoms with Gasteiger partial charge in [-0.25, -0.2) is 0 Å². The summed E-state index contributed by atoms with van der Waals surface area (Å²) in [5.41, 5.74) is 0. The molecule has 0 saturated carbocycles. The van der Waals surface area contributed by atoms with Crippen molar-refractivity contribution in [3.05, 3.63) is 0 Å². The molecule has 1 heterocycles. The lowest BCUT2D eigenvalue weighted by molar-refractivity contribution is -0.132. The highest BCUT2D eigenvalue weighted by Gasteiger charge is 2.19. The Kier molecular flexibility index (Phi) is 5.69. The quantitative estimate of drug-likeness (QED) is 0.751. The summed E-state index contributed by atoms with van der Waals surface area (Å²) in [5.74, 6) is 0.908. The number of piperidine rings is 1. The van der Waals surface area contributed by atoms with Crippen molar-refractivity contribution in [1.29, 1.82) is 0 Å². The summed E-state index contributed by atoms with van der Waals surface area (Å²) in [4.78, 5) is 13.9. The maximum atomic E-state index is 11.9. The molecular formula is C12H24N2O. The van der Waals surface area contributed by atoms with Crippen LogP contribution in [0.4, 0.5) is 0 Å². The van der Waals surface area contributed by atoms with Gasteiger partial charge in [-0.05, 0) is 45.2 Å². The average Bonchev–Trinajstić information content (AvgIpc) is 2.27. The average molecular weight is 212 g/mol. The number of nitrogens with one attached hydrogen (secondary N) is 1. The number of hydrogen-bond donors (Lipinski definition) is 1. The maximum absolute atomic E-state index is 11.9. The van der Waals surface area contributed by atoms with E-state index in [2.05, 4.69) is 19.2 Å². The molecule has 1 aliphatic rings. The van der Waals surface area contributed by atoms with Crippen molar-refractivity contribution in [2.45, 2.75) is 39.5 Å². The summed E-state index contributed by atoms with van der Waals surface area (Å²) < 4.78 is 0. The molecule has 0 bridgehead atoms. The number of hydrogen-bond acceptors (Lipinski definition) is 2. The van der Waals surface area contributed by atoms with E-state index in [4.69, 9.17) is 0 Å². The van der Waals surface area contributed by atoms with Crippen LogP contribution >= 0.6 is 0 Å². The van der Waals surface area contributed by atoms with Gasteiger partial charge in [0.15, 0.2) is 0 Å². The monoisotopic (exact) mass is 212 g/mol. The third kappa shape index (κ3) is 4.20. The fourth-order valence-electron chi connectivity index (χ4n) is 2.20. The van der Waals surface area contributed by atoms with Crippen LogP contribution in [0.5, 0.6) is 0 Å². The van der Waals surface area contributed by atoms with E-state index in [0.717, 1.165) is 39.0 Å². The van der Waals surface area contributed by atoms with Crippen LogP contribution < -0.4 is 5.32 Å². The first-order valence-corrected chi connectivity index (χ1v) is 6.26. The zero-order chi connectivity index (χ0) is 11.1. The standard InChI is InChI=1S/C12H24N2O/c1-3-8-14(4-2)12(15)9-11-6-5-7-13-10-11/h11,13H,3-10H2,1-2H3/t11-/m1/s1. The van der Waals surface area contributed by atoms with E-state index in [9.17, 15) is 4.79 Å². The van der Waals surface area contributed by atoms with Gasteiger partial charge in [0.25, 0.3) is 0 Å². The molecule has 1 aliphatic heterocycles. The van der Waals surface area contributed by atoms with E-state index in [1.807, 2.05) is 4.90 Å². The van der Waals surface area contributed by atoms with Gasteiger partial charge in [-0.3, -0.25) is 4.79 Å². The molecule has 1 rings (SSSR count). The third-order valence-electron chi connectivity index (χ3n) is 3.09. The zero-order valence-electron chi connectivity index (χ0n) is 10.1. The molecule has 15 heavy (non-hydrogen) atoms. The highest BCUT2D eigenvalue weighted by atomic mass is 16.2. The van der Waals surface area contributed by atoms with Crippen molar-refractivity contribution in [3.63, 3.8) is 0 Å². The molecule has 0 aromatic carbocycles. The van der Waals surface area contributed by atoms with E-state index in [-0.39, 0.29) is 0 Å². The second-order valence-corrected chi connectivity index (χ2v) is 4.39. The number of carbonyl (C=O) groups excluding carboxylic acids is 1. The Labute approximate surface area is 93.2 Å². The molecule has 1 saturated heterocycles. The number of nitrogens with zero attached hydrogens (tertiary/aromatic N) is 1. The smallest absolute Gasteiger partial charge is 0.222 e. The molecule has 88 valence electrons. The van der Waals surface area contributed by atoms with Gasteiger partial charge in [0, 0.05) is 19.5 Å². The van der Waals surface area contributed by atoms with Gasteiger partial charge in [0.05, 0.1) is 0 Å². The van der Waals surface area contributed by atoms with Crippen molar-refractivity contribution in [2.24, 2.45) is 5.92 Å². The van der Waals surface area contributed by atoms with E-state index in [0.29, 0.717) is 11.8 Å². The SMILES string of the molecule is CCCN(CC)C(=O)C[C@H]1CCCNC1. The molecule has 3 nitrogen and oxygen atoms in total. The minimum Gasteiger partial charge on any atom is -0.343 e. The summed E-state index contributed by atoms with van der Waals surface area (Å²) in [6.07, 6.45) is 4.23. The summed E-state index contributed by atoms with van der Waals surface area (Å²) in [5, 5.41) is 3.36. The Bertz CT molecular complexity index is 188. The normalized spacial score (nSPS) is 21.3. The van der Waals surface area contributed by atoms with Crippen LogP contribution in [0.15, 0.2) is 0 Å². The van der Waals surface area contributed by atoms with Crippen LogP contribution in [0, 0.1) is 5.92 Å². The van der Waals surface area contributed by atoms with Crippen molar-refractivity contribution >= 4 is 5.91 Å². The van der Waals surface area contributed by atoms with Gasteiger partial charge in [-0.2, -0.15) is 0 Å². The van der Waals surface area contributed by atoms with E-state index >= 15 is 0 Å². The minimum absolute atomic E-state index is 0.341. The Morgan fingerprint density at radius 1 is 1.47 bits per heavy atom. The molecule has 1 atom stereocenters. The molecular weight excluding hydrogens is 188 g/mol. The van der Waals surface area contributed by atoms with Crippen molar-refractivity contribution < 1.29 is 4.79 Å². The topological polar surface area (TPSA) is 32.3 Å². The lowest BCUT2D eigenvalue weighted by Crippen LogP contribution is -2.37. The highest BCUT2D eigenvalue weighted by molar-refractivity contribution is 5.76. The molecule has 0 unspecified atom stereocenters. The first-order chi connectivity index (χ1) is 7.27. The van der Waals surface area contributed by atoms with Crippen LogP contribution in [0.1, 0.15) is 39.5 Å². The zero-order valence-corrected chi connectivity index (χ0v) is 10.1. The van der Waals surface area contributed by atoms with E-state index in [1.165, 1.54) is 12.8 Å².